The summed E-state index contributed by atoms with van der Waals surface area (Å²) in [6.45, 7) is 5.56. The summed E-state index contributed by atoms with van der Waals surface area (Å²) in [4.78, 5) is 14.1. The number of rotatable bonds is 9. The van der Waals surface area contributed by atoms with Crippen LogP contribution in [0.1, 0.15) is 38.2 Å². The molecule has 140 valence electrons. The van der Waals surface area contributed by atoms with Crippen LogP contribution in [0.15, 0.2) is 18.2 Å². The first kappa shape index (κ1) is 19.5. The van der Waals surface area contributed by atoms with Crippen LogP contribution in [0.2, 0.25) is 0 Å². The summed E-state index contributed by atoms with van der Waals surface area (Å²) in [6, 6.07) is 6.47. The van der Waals surface area contributed by atoms with Crippen LogP contribution in [0.25, 0.3) is 0 Å². The number of carbonyl (C=O) groups excluding carboxylic acids is 1. The van der Waals surface area contributed by atoms with Gasteiger partial charge in [-0.2, -0.15) is 0 Å². The zero-order valence-electron chi connectivity index (χ0n) is 15.4. The number of hydrogen-bond donors (Lipinski definition) is 2. The number of nitrogens with zero attached hydrogens (tertiary/aromatic N) is 1. The fourth-order valence-electron chi connectivity index (χ4n) is 3.27. The van der Waals surface area contributed by atoms with Crippen LogP contribution in [-0.2, 0) is 11.3 Å². The van der Waals surface area contributed by atoms with E-state index in [1.807, 2.05) is 13.0 Å². The summed E-state index contributed by atoms with van der Waals surface area (Å²) in [7, 11) is 1.65. The quantitative estimate of drug-likeness (QED) is 0.712. The van der Waals surface area contributed by atoms with E-state index in [9.17, 15) is 4.79 Å². The van der Waals surface area contributed by atoms with Gasteiger partial charge in [-0.3, -0.25) is 9.69 Å². The lowest BCUT2D eigenvalue weighted by Crippen LogP contribution is -2.46. The lowest BCUT2D eigenvalue weighted by molar-refractivity contribution is -0.121. The number of likely N-dealkylation sites (tertiary alicyclic amines) is 1. The maximum atomic E-state index is 11.7. The van der Waals surface area contributed by atoms with Gasteiger partial charge in [0, 0.05) is 32.1 Å². The van der Waals surface area contributed by atoms with E-state index in [4.69, 9.17) is 15.2 Å². The SMILES string of the molecule is CCOc1cc(CN2CCCCC2CNC(=O)CCN)ccc1OC. The molecule has 1 aliphatic heterocycles. The molecule has 6 heteroatoms. The van der Waals surface area contributed by atoms with Crippen LogP contribution in [0.5, 0.6) is 11.5 Å². The Morgan fingerprint density at radius 3 is 2.92 bits per heavy atom. The van der Waals surface area contributed by atoms with Crippen LogP contribution in [0.3, 0.4) is 0 Å². The second kappa shape index (κ2) is 10.3. The second-order valence-electron chi connectivity index (χ2n) is 6.38. The fourth-order valence-corrected chi connectivity index (χ4v) is 3.27. The van der Waals surface area contributed by atoms with Crippen molar-refractivity contribution in [1.29, 1.82) is 0 Å². The third kappa shape index (κ3) is 5.90. The Morgan fingerprint density at radius 1 is 1.36 bits per heavy atom. The van der Waals surface area contributed by atoms with Crippen molar-refractivity contribution in [3.63, 3.8) is 0 Å². The van der Waals surface area contributed by atoms with E-state index in [2.05, 4.69) is 22.3 Å². The normalized spacial score (nSPS) is 18.0. The van der Waals surface area contributed by atoms with Crippen molar-refractivity contribution in [2.24, 2.45) is 5.73 Å². The molecule has 25 heavy (non-hydrogen) atoms. The van der Waals surface area contributed by atoms with Crippen LogP contribution < -0.4 is 20.5 Å². The Hall–Kier alpha value is -1.79. The molecule has 1 saturated heterocycles. The molecule has 1 fully saturated rings. The number of nitrogens with one attached hydrogen (secondary N) is 1. The second-order valence-corrected chi connectivity index (χ2v) is 6.38. The first-order valence-corrected chi connectivity index (χ1v) is 9.18. The number of nitrogens with two attached hydrogens (primary N) is 1. The van der Waals surface area contributed by atoms with Gasteiger partial charge in [0.15, 0.2) is 11.5 Å². The molecule has 1 heterocycles. The first-order valence-electron chi connectivity index (χ1n) is 9.18. The van der Waals surface area contributed by atoms with Crippen LogP contribution in [-0.4, -0.2) is 50.2 Å². The molecule has 6 nitrogen and oxygen atoms in total. The molecule has 0 saturated carbocycles. The average Bonchev–Trinajstić information content (AvgIpc) is 2.62. The van der Waals surface area contributed by atoms with Crippen molar-refractivity contribution in [3.05, 3.63) is 23.8 Å². The molecule has 1 aliphatic rings. The van der Waals surface area contributed by atoms with Gasteiger partial charge < -0.3 is 20.5 Å². The molecule has 2 rings (SSSR count). The van der Waals surface area contributed by atoms with E-state index >= 15 is 0 Å². The Bertz CT molecular complexity index is 551. The Morgan fingerprint density at radius 2 is 2.20 bits per heavy atom. The molecule has 0 bridgehead atoms. The van der Waals surface area contributed by atoms with Gasteiger partial charge in [0.2, 0.25) is 5.91 Å². The molecule has 1 amide bonds. The summed E-state index contributed by atoms with van der Waals surface area (Å²) in [5, 5.41) is 3.01. The maximum Gasteiger partial charge on any atom is 0.221 e. The van der Waals surface area contributed by atoms with E-state index in [-0.39, 0.29) is 5.91 Å². The third-order valence-electron chi connectivity index (χ3n) is 4.57. The number of ether oxygens (including phenoxy) is 2. The standard InChI is InChI=1S/C19H31N3O3/c1-3-25-18-12-15(7-8-17(18)24-2)14-22-11-5-4-6-16(22)13-21-19(23)9-10-20/h7-8,12,16H,3-6,9-11,13-14,20H2,1-2H3,(H,21,23). The number of methoxy groups -OCH3 is 1. The summed E-state index contributed by atoms with van der Waals surface area (Å²) in [5.74, 6) is 1.58. The minimum absolute atomic E-state index is 0.0381. The summed E-state index contributed by atoms with van der Waals surface area (Å²) < 4.78 is 11.0. The van der Waals surface area contributed by atoms with E-state index < -0.39 is 0 Å². The van der Waals surface area contributed by atoms with Crippen LogP contribution >= 0.6 is 0 Å². The van der Waals surface area contributed by atoms with Crippen molar-refractivity contribution in [2.45, 2.75) is 45.2 Å². The zero-order chi connectivity index (χ0) is 18.1. The van der Waals surface area contributed by atoms with Gasteiger partial charge in [-0.05, 0) is 44.0 Å². The lowest BCUT2D eigenvalue weighted by Gasteiger charge is -2.36. The molecular formula is C19H31N3O3. The highest BCUT2D eigenvalue weighted by Crippen LogP contribution is 2.29. The number of amides is 1. The molecular weight excluding hydrogens is 318 g/mol. The Kier molecular flexibility index (Phi) is 8.01. The van der Waals surface area contributed by atoms with E-state index in [1.54, 1.807) is 7.11 Å². The van der Waals surface area contributed by atoms with Gasteiger partial charge in [-0.15, -0.1) is 0 Å². The highest BCUT2D eigenvalue weighted by atomic mass is 16.5. The number of piperidine rings is 1. The predicted molar refractivity (Wildman–Crippen MR) is 98.9 cm³/mol. The third-order valence-corrected chi connectivity index (χ3v) is 4.57. The topological polar surface area (TPSA) is 76.8 Å². The number of hydrogen-bond acceptors (Lipinski definition) is 5. The average molecular weight is 349 g/mol. The van der Waals surface area contributed by atoms with Gasteiger partial charge >= 0.3 is 0 Å². The van der Waals surface area contributed by atoms with Crippen molar-refractivity contribution >= 4 is 5.91 Å². The zero-order valence-corrected chi connectivity index (χ0v) is 15.4. The summed E-state index contributed by atoms with van der Waals surface area (Å²) in [5.41, 5.74) is 6.64. The minimum atomic E-state index is 0.0381. The highest BCUT2D eigenvalue weighted by molar-refractivity contribution is 5.76. The van der Waals surface area contributed by atoms with E-state index in [1.165, 1.54) is 18.4 Å². The molecule has 1 aromatic carbocycles. The molecule has 1 unspecified atom stereocenters. The van der Waals surface area contributed by atoms with Gasteiger partial charge in [0.05, 0.1) is 13.7 Å². The fraction of sp³-hybridized carbons (Fsp3) is 0.632. The van der Waals surface area contributed by atoms with Crippen molar-refractivity contribution < 1.29 is 14.3 Å². The summed E-state index contributed by atoms with van der Waals surface area (Å²) >= 11 is 0. The minimum Gasteiger partial charge on any atom is -0.493 e. The van der Waals surface area contributed by atoms with Gasteiger partial charge in [0.25, 0.3) is 0 Å². The van der Waals surface area contributed by atoms with Gasteiger partial charge in [0.1, 0.15) is 0 Å². The lowest BCUT2D eigenvalue weighted by atomic mass is 10.0. The molecule has 0 aromatic heterocycles. The van der Waals surface area contributed by atoms with Crippen molar-refractivity contribution in [2.75, 3.05) is 33.4 Å². The molecule has 0 radical (unpaired) electrons. The van der Waals surface area contributed by atoms with E-state index in [0.717, 1.165) is 31.0 Å². The predicted octanol–water partition coefficient (Wildman–Crippen LogP) is 1.91. The van der Waals surface area contributed by atoms with Crippen molar-refractivity contribution in [3.8, 4) is 11.5 Å². The smallest absolute Gasteiger partial charge is 0.221 e. The van der Waals surface area contributed by atoms with Crippen molar-refractivity contribution in [1.82, 2.24) is 10.2 Å². The Labute approximate surface area is 150 Å². The molecule has 3 N–H and O–H groups in total. The molecule has 0 aliphatic carbocycles. The number of benzene rings is 1. The first-order chi connectivity index (χ1) is 12.2. The maximum absolute atomic E-state index is 11.7. The monoisotopic (exact) mass is 349 g/mol. The number of carbonyl (C=O) groups is 1. The molecule has 1 atom stereocenters. The largest absolute Gasteiger partial charge is 0.493 e. The van der Waals surface area contributed by atoms with Crippen LogP contribution in [0.4, 0.5) is 0 Å². The highest BCUT2D eigenvalue weighted by Gasteiger charge is 2.23. The summed E-state index contributed by atoms with van der Waals surface area (Å²) in [6.07, 6.45) is 3.91. The molecule has 1 aromatic rings. The van der Waals surface area contributed by atoms with Gasteiger partial charge in [-0.25, -0.2) is 0 Å². The van der Waals surface area contributed by atoms with Crippen LogP contribution in [0, 0.1) is 0 Å². The van der Waals surface area contributed by atoms with Gasteiger partial charge in [-0.1, -0.05) is 12.5 Å². The molecule has 0 spiro atoms. The van der Waals surface area contributed by atoms with E-state index in [0.29, 0.717) is 32.2 Å². The Balaban J connectivity index is 2.00.